The minimum Gasteiger partial charge on any atom is -0.494 e. The fourth-order valence-corrected chi connectivity index (χ4v) is 8.06. The highest BCUT2D eigenvalue weighted by molar-refractivity contribution is 7.89. The summed E-state index contributed by atoms with van der Waals surface area (Å²) >= 11 is 0. The van der Waals surface area contributed by atoms with Gasteiger partial charge in [0.15, 0.2) is 0 Å². The van der Waals surface area contributed by atoms with Crippen LogP contribution in [0.2, 0.25) is 0 Å². The van der Waals surface area contributed by atoms with Crippen LogP contribution in [0.15, 0.2) is 53.4 Å². The normalized spacial score (nSPS) is 18.7. The van der Waals surface area contributed by atoms with Crippen molar-refractivity contribution < 1.29 is 27.4 Å². The highest BCUT2D eigenvalue weighted by Gasteiger charge is 2.34. The van der Waals surface area contributed by atoms with Gasteiger partial charge in [0.2, 0.25) is 10.0 Å². The summed E-state index contributed by atoms with van der Waals surface area (Å²) in [7, 11) is -0.500. The van der Waals surface area contributed by atoms with E-state index in [1.54, 1.807) is 31.8 Å². The number of benzene rings is 3. The van der Waals surface area contributed by atoms with Gasteiger partial charge >= 0.3 is 5.97 Å². The first-order valence-corrected chi connectivity index (χ1v) is 17.4. The van der Waals surface area contributed by atoms with Crippen LogP contribution in [0.1, 0.15) is 48.4 Å². The number of piperazine rings is 1. The lowest BCUT2D eigenvalue weighted by Crippen LogP contribution is -2.43. The van der Waals surface area contributed by atoms with Crippen LogP contribution >= 0.6 is 0 Å². The summed E-state index contributed by atoms with van der Waals surface area (Å²) in [6, 6.07) is 15.1. The second kappa shape index (κ2) is 13.5. The molecule has 3 heterocycles. The Bertz CT molecular complexity index is 1890. The van der Waals surface area contributed by atoms with E-state index in [1.807, 2.05) is 56.3 Å². The highest BCUT2D eigenvalue weighted by atomic mass is 32.2. The molecule has 0 bridgehead atoms. The van der Waals surface area contributed by atoms with Crippen molar-refractivity contribution in [1.29, 1.82) is 0 Å². The predicted octanol–water partition coefficient (Wildman–Crippen LogP) is 3.75. The number of hydrogen-bond donors (Lipinski definition) is 1. The molecule has 3 aromatic carbocycles. The fraction of sp³-hybridized carbons (Fsp3) is 0.441. The molecule has 2 aliphatic heterocycles. The van der Waals surface area contributed by atoms with E-state index in [0.29, 0.717) is 17.0 Å². The topological polar surface area (TPSA) is 128 Å². The number of hydrogen-bond acceptors (Lipinski definition) is 10. The summed E-state index contributed by atoms with van der Waals surface area (Å²) in [4.78, 5) is 15.3. The molecular formula is C34H42N6O6S. The Morgan fingerprint density at radius 2 is 1.89 bits per heavy atom. The number of sulfonamides is 1. The van der Waals surface area contributed by atoms with Gasteiger partial charge in [0.25, 0.3) is 0 Å². The first-order chi connectivity index (χ1) is 22.6. The molecule has 1 fully saturated rings. The lowest BCUT2D eigenvalue weighted by Gasteiger charge is -2.30. The van der Waals surface area contributed by atoms with Gasteiger partial charge in [-0.3, -0.25) is 4.79 Å². The zero-order valence-electron chi connectivity index (χ0n) is 27.5. The van der Waals surface area contributed by atoms with Crippen LogP contribution in [-0.2, 0) is 33.1 Å². The van der Waals surface area contributed by atoms with Crippen molar-refractivity contribution in [3.05, 3.63) is 70.8 Å². The molecule has 1 unspecified atom stereocenters. The third kappa shape index (κ3) is 6.65. The van der Waals surface area contributed by atoms with Crippen LogP contribution in [-0.4, -0.2) is 86.2 Å². The standard InChI is InChI=1S/C34H42N6O6S/c1-6-45-33(41)19-28(25-16-29-34(31(17-25)44-5)38(4)37-36-29)24-8-7-22(2)26(15-24)21-40-20-23(3)46-30-18-27(39-13-11-35-12-14-39)9-10-32(30)47(40,42)43/h7-10,15-18,23,28,35H,6,11-14,19-21H2,1-5H3/t23-,28?/m1/s1. The second-order valence-electron chi connectivity index (χ2n) is 12.1. The molecular weight excluding hydrogens is 620 g/mol. The van der Waals surface area contributed by atoms with Crippen molar-refractivity contribution >= 4 is 32.7 Å². The van der Waals surface area contributed by atoms with Crippen LogP contribution in [0.25, 0.3) is 11.0 Å². The molecule has 6 rings (SSSR count). The van der Waals surface area contributed by atoms with Crippen molar-refractivity contribution in [2.45, 2.75) is 50.7 Å². The minimum absolute atomic E-state index is 0.0843. The smallest absolute Gasteiger partial charge is 0.306 e. The first-order valence-electron chi connectivity index (χ1n) is 16.0. The first kappa shape index (κ1) is 32.7. The monoisotopic (exact) mass is 662 g/mol. The van der Waals surface area contributed by atoms with Crippen molar-refractivity contribution in [2.24, 2.45) is 7.05 Å². The molecule has 47 heavy (non-hydrogen) atoms. The molecule has 2 atom stereocenters. The summed E-state index contributed by atoms with van der Waals surface area (Å²) in [5.74, 6) is 0.232. The van der Waals surface area contributed by atoms with Crippen molar-refractivity contribution in [3.8, 4) is 11.5 Å². The van der Waals surface area contributed by atoms with Crippen molar-refractivity contribution in [3.63, 3.8) is 0 Å². The van der Waals surface area contributed by atoms with Gasteiger partial charge in [0, 0.05) is 57.4 Å². The van der Waals surface area contributed by atoms with E-state index in [0.717, 1.165) is 59.6 Å². The molecule has 1 saturated heterocycles. The van der Waals surface area contributed by atoms with E-state index in [9.17, 15) is 13.2 Å². The number of fused-ring (bicyclic) bond motifs is 2. The molecule has 250 valence electrons. The minimum atomic E-state index is -3.89. The third-order valence-electron chi connectivity index (χ3n) is 8.92. The number of carbonyl (C=O) groups is 1. The van der Waals surface area contributed by atoms with Crippen molar-refractivity contribution in [2.75, 3.05) is 51.3 Å². The molecule has 12 nitrogen and oxygen atoms in total. The average Bonchev–Trinajstić information content (AvgIpc) is 3.40. The van der Waals surface area contributed by atoms with E-state index in [2.05, 4.69) is 20.5 Å². The van der Waals surface area contributed by atoms with E-state index in [4.69, 9.17) is 14.2 Å². The molecule has 0 radical (unpaired) electrons. The summed E-state index contributed by atoms with van der Waals surface area (Å²) in [5, 5.41) is 11.8. The number of carbonyl (C=O) groups excluding carboxylic acids is 1. The number of rotatable bonds is 9. The summed E-state index contributed by atoms with van der Waals surface area (Å²) in [5.41, 5.74) is 5.78. The number of ether oxygens (including phenoxy) is 3. The zero-order chi connectivity index (χ0) is 33.3. The average molecular weight is 663 g/mol. The lowest BCUT2D eigenvalue weighted by molar-refractivity contribution is -0.143. The maximum Gasteiger partial charge on any atom is 0.306 e. The van der Waals surface area contributed by atoms with Crippen molar-refractivity contribution in [1.82, 2.24) is 24.6 Å². The quantitative estimate of drug-likeness (QED) is 0.265. The molecule has 0 amide bonds. The number of methoxy groups -OCH3 is 1. The van der Waals surface area contributed by atoms with E-state index < -0.39 is 15.9 Å². The van der Waals surface area contributed by atoms with Crippen LogP contribution in [0.3, 0.4) is 0 Å². The molecule has 0 saturated carbocycles. The maximum absolute atomic E-state index is 14.2. The van der Waals surface area contributed by atoms with Gasteiger partial charge < -0.3 is 24.4 Å². The molecule has 1 N–H and O–H groups in total. The van der Waals surface area contributed by atoms with E-state index in [1.165, 1.54) is 4.31 Å². The number of esters is 1. The van der Waals surface area contributed by atoms with Gasteiger partial charge in [-0.1, -0.05) is 23.4 Å². The lowest BCUT2D eigenvalue weighted by atomic mass is 9.86. The Hall–Kier alpha value is -4.20. The van der Waals surface area contributed by atoms with Crippen LogP contribution < -0.4 is 19.7 Å². The number of aryl methyl sites for hydroxylation is 2. The van der Waals surface area contributed by atoms with Gasteiger partial charge in [-0.05, 0) is 67.3 Å². The fourth-order valence-electron chi connectivity index (χ4n) is 6.46. The largest absolute Gasteiger partial charge is 0.494 e. The van der Waals surface area contributed by atoms with E-state index in [-0.39, 0.29) is 43.1 Å². The third-order valence-corrected chi connectivity index (χ3v) is 10.8. The molecule has 4 aromatic rings. The van der Waals surface area contributed by atoms with Crippen LogP contribution in [0, 0.1) is 6.92 Å². The highest BCUT2D eigenvalue weighted by Crippen LogP contribution is 2.38. The van der Waals surface area contributed by atoms with Gasteiger partial charge in [-0.2, -0.15) is 4.31 Å². The van der Waals surface area contributed by atoms with Gasteiger partial charge in [-0.15, -0.1) is 5.10 Å². The molecule has 0 aliphatic carbocycles. The van der Waals surface area contributed by atoms with Gasteiger partial charge in [0.05, 0.1) is 26.7 Å². The molecule has 13 heteroatoms. The molecule has 1 aromatic heterocycles. The Balaban J connectivity index is 1.35. The maximum atomic E-state index is 14.2. The zero-order valence-corrected chi connectivity index (χ0v) is 28.3. The molecule has 2 aliphatic rings. The predicted molar refractivity (Wildman–Crippen MR) is 179 cm³/mol. The Morgan fingerprint density at radius 3 is 2.64 bits per heavy atom. The van der Waals surface area contributed by atoms with Crippen LogP contribution in [0.4, 0.5) is 5.69 Å². The van der Waals surface area contributed by atoms with Gasteiger partial charge in [-0.25, -0.2) is 13.1 Å². The number of aromatic nitrogens is 3. The Morgan fingerprint density at radius 1 is 1.11 bits per heavy atom. The Labute approximate surface area is 275 Å². The summed E-state index contributed by atoms with van der Waals surface area (Å²) < 4.78 is 48.8. The number of anilines is 1. The second-order valence-corrected chi connectivity index (χ2v) is 14.1. The summed E-state index contributed by atoms with van der Waals surface area (Å²) in [6.07, 6.45) is -0.281. The Kier molecular flexibility index (Phi) is 9.40. The van der Waals surface area contributed by atoms with Crippen LogP contribution in [0.5, 0.6) is 11.5 Å². The summed E-state index contributed by atoms with van der Waals surface area (Å²) in [6.45, 7) is 9.69. The number of nitrogens with zero attached hydrogens (tertiary/aromatic N) is 5. The number of nitrogens with one attached hydrogen (secondary N) is 1. The van der Waals surface area contributed by atoms with Gasteiger partial charge in [0.1, 0.15) is 33.5 Å². The molecule has 0 spiro atoms. The SMILES string of the molecule is CCOC(=O)CC(c1ccc(C)c(CN2C[C@@H](C)Oc3cc(N4CCNCC4)ccc3S2(=O)=O)c1)c1cc(OC)c2c(c1)nnn2C. The van der Waals surface area contributed by atoms with E-state index >= 15 is 0 Å².